The van der Waals surface area contributed by atoms with Crippen molar-refractivity contribution in [2.45, 2.75) is 104 Å². The van der Waals surface area contributed by atoms with Gasteiger partial charge in [-0.1, -0.05) is 46.8 Å². The lowest BCUT2D eigenvalue weighted by Crippen LogP contribution is -2.42. The fourth-order valence-electron chi connectivity index (χ4n) is 5.68. The third-order valence-electron chi connectivity index (χ3n) is 8.79. The number of hydrogen-bond acceptors (Lipinski definition) is 2. The summed E-state index contributed by atoms with van der Waals surface area (Å²) >= 11 is 0. The molecule has 4 rings (SSSR count). The number of hydrogen-bond donors (Lipinski definition) is 0. The lowest BCUT2D eigenvalue weighted by atomic mass is 9.96. The molecule has 0 aliphatic carbocycles. The molecule has 2 saturated heterocycles. The molecular weight excluding hydrogens is 506 g/mol. The number of nitrogens with zero attached hydrogens (tertiary/aromatic N) is 2. The van der Waals surface area contributed by atoms with Crippen molar-refractivity contribution in [1.82, 2.24) is 9.80 Å². The van der Waals surface area contributed by atoms with Gasteiger partial charge in [0.1, 0.15) is 11.6 Å². The molecule has 0 radical (unpaired) electrons. The zero-order chi connectivity index (χ0) is 29.4. The minimum Gasteiger partial charge on any atom is -0.338 e. The highest BCUT2D eigenvalue weighted by Gasteiger charge is 2.25. The SMILES string of the molecule is CCC(C)c1ccc(C(=O)N2CCCC(C)C2)cc1F.CCC(C)c1ccc(C(=O)N2CCCCC2C)cc1F. The summed E-state index contributed by atoms with van der Waals surface area (Å²) < 4.78 is 28.3. The van der Waals surface area contributed by atoms with Crippen molar-refractivity contribution >= 4 is 11.8 Å². The number of rotatable bonds is 6. The first-order valence-corrected chi connectivity index (χ1v) is 15.3. The number of likely N-dealkylation sites (tertiary alicyclic amines) is 2. The molecular formula is C34H48F2N2O2. The number of amides is 2. The summed E-state index contributed by atoms with van der Waals surface area (Å²) in [7, 11) is 0. The Bertz CT molecular complexity index is 1150. The van der Waals surface area contributed by atoms with Gasteiger partial charge in [-0.3, -0.25) is 9.59 Å². The summed E-state index contributed by atoms with van der Waals surface area (Å²) in [6.07, 6.45) is 7.27. The third-order valence-corrected chi connectivity index (χ3v) is 8.79. The molecule has 0 aromatic heterocycles. The lowest BCUT2D eigenvalue weighted by molar-refractivity contribution is 0.0634. The van der Waals surface area contributed by atoms with Crippen LogP contribution in [0.3, 0.4) is 0 Å². The van der Waals surface area contributed by atoms with Crippen LogP contribution in [0.2, 0.25) is 0 Å². The molecule has 2 heterocycles. The van der Waals surface area contributed by atoms with Gasteiger partial charge in [-0.05, 0) is 105 Å². The summed E-state index contributed by atoms with van der Waals surface area (Å²) in [5, 5.41) is 0. The van der Waals surface area contributed by atoms with E-state index in [9.17, 15) is 18.4 Å². The molecule has 6 heteroatoms. The van der Waals surface area contributed by atoms with Crippen LogP contribution in [-0.4, -0.2) is 47.3 Å². The van der Waals surface area contributed by atoms with Crippen molar-refractivity contribution in [3.63, 3.8) is 0 Å². The molecule has 4 unspecified atom stereocenters. The molecule has 2 aromatic carbocycles. The maximum atomic E-state index is 14.1. The summed E-state index contributed by atoms with van der Waals surface area (Å²) in [5.41, 5.74) is 2.36. The second kappa shape index (κ2) is 14.7. The molecule has 4 atom stereocenters. The highest BCUT2D eigenvalue weighted by molar-refractivity contribution is 5.95. The molecule has 0 N–H and O–H groups in total. The molecule has 220 valence electrons. The molecule has 4 nitrogen and oxygen atoms in total. The molecule has 40 heavy (non-hydrogen) atoms. The maximum absolute atomic E-state index is 14.1. The minimum absolute atomic E-state index is 0.0354. The van der Waals surface area contributed by atoms with Crippen molar-refractivity contribution in [3.8, 4) is 0 Å². The fraction of sp³-hybridized carbons (Fsp3) is 0.588. The molecule has 0 spiro atoms. The first kappa shape index (κ1) is 31.8. The van der Waals surface area contributed by atoms with Crippen LogP contribution in [0, 0.1) is 17.6 Å². The van der Waals surface area contributed by atoms with E-state index in [0.29, 0.717) is 28.2 Å². The Hall–Kier alpha value is -2.76. The first-order chi connectivity index (χ1) is 19.1. The van der Waals surface area contributed by atoms with E-state index in [1.807, 2.05) is 37.5 Å². The molecule has 2 fully saturated rings. The summed E-state index contributed by atoms with van der Waals surface area (Å²) in [4.78, 5) is 28.6. The predicted molar refractivity (Wildman–Crippen MR) is 159 cm³/mol. The zero-order valence-electron chi connectivity index (χ0n) is 25.3. The summed E-state index contributed by atoms with van der Waals surface area (Å²) in [6.45, 7) is 14.7. The van der Waals surface area contributed by atoms with Crippen LogP contribution in [0.25, 0.3) is 0 Å². The molecule has 2 amide bonds. The van der Waals surface area contributed by atoms with E-state index in [4.69, 9.17) is 0 Å². The number of carbonyl (C=O) groups excluding carboxylic acids is 2. The van der Waals surface area contributed by atoms with Crippen molar-refractivity contribution < 1.29 is 18.4 Å². The average molecular weight is 555 g/mol. The smallest absolute Gasteiger partial charge is 0.254 e. The van der Waals surface area contributed by atoms with E-state index in [1.54, 1.807) is 24.3 Å². The average Bonchev–Trinajstić information content (AvgIpc) is 2.96. The number of carbonyl (C=O) groups is 2. The van der Waals surface area contributed by atoms with Crippen LogP contribution in [0.5, 0.6) is 0 Å². The second-order valence-corrected chi connectivity index (χ2v) is 11.9. The van der Waals surface area contributed by atoms with E-state index in [0.717, 1.165) is 51.7 Å². The molecule has 2 aliphatic rings. The highest BCUT2D eigenvalue weighted by atomic mass is 19.1. The van der Waals surface area contributed by atoms with Crippen LogP contribution in [0.4, 0.5) is 8.78 Å². The van der Waals surface area contributed by atoms with Crippen LogP contribution in [-0.2, 0) is 0 Å². The highest BCUT2D eigenvalue weighted by Crippen LogP contribution is 2.26. The normalized spacial score (nSPS) is 20.8. The third kappa shape index (κ3) is 7.92. The van der Waals surface area contributed by atoms with Crippen LogP contribution >= 0.6 is 0 Å². The molecule has 2 aliphatic heterocycles. The fourth-order valence-corrected chi connectivity index (χ4v) is 5.68. The van der Waals surface area contributed by atoms with Crippen molar-refractivity contribution in [3.05, 3.63) is 70.3 Å². The van der Waals surface area contributed by atoms with Crippen LogP contribution in [0.1, 0.15) is 130 Å². The number of benzene rings is 2. The van der Waals surface area contributed by atoms with Crippen molar-refractivity contribution in [2.24, 2.45) is 5.92 Å². The molecule has 0 bridgehead atoms. The van der Waals surface area contributed by atoms with Gasteiger partial charge in [-0.25, -0.2) is 8.78 Å². The van der Waals surface area contributed by atoms with E-state index in [2.05, 4.69) is 13.8 Å². The second-order valence-electron chi connectivity index (χ2n) is 11.9. The minimum atomic E-state index is -0.255. The van der Waals surface area contributed by atoms with Gasteiger partial charge in [0.2, 0.25) is 0 Å². The maximum Gasteiger partial charge on any atom is 0.254 e. The Balaban J connectivity index is 0.000000220. The quantitative estimate of drug-likeness (QED) is 0.359. The van der Waals surface area contributed by atoms with Gasteiger partial charge in [0, 0.05) is 36.8 Å². The Morgan fingerprint density at radius 2 is 1.35 bits per heavy atom. The summed E-state index contributed by atoms with van der Waals surface area (Å²) in [5.74, 6) is 0.335. The Labute approximate surface area is 240 Å². The monoisotopic (exact) mass is 554 g/mol. The predicted octanol–water partition coefficient (Wildman–Crippen LogP) is 8.57. The summed E-state index contributed by atoms with van der Waals surface area (Å²) in [6, 6.07) is 10.2. The van der Waals surface area contributed by atoms with Crippen LogP contribution < -0.4 is 0 Å². The van der Waals surface area contributed by atoms with E-state index in [1.165, 1.54) is 25.0 Å². The van der Waals surface area contributed by atoms with Crippen molar-refractivity contribution in [2.75, 3.05) is 19.6 Å². The topological polar surface area (TPSA) is 40.6 Å². The van der Waals surface area contributed by atoms with Gasteiger partial charge in [-0.15, -0.1) is 0 Å². The van der Waals surface area contributed by atoms with Gasteiger partial charge >= 0.3 is 0 Å². The van der Waals surface area contributed by atoms with E-state index in [-0.39, 0.29) is 41.3 Å². The van der Waals surface area contributed by atoms with Crippen LogP contribution in [0.15, 0.2) is 36.4 Å². The van der Waals surface area contributed by atoms with Crippen molar-refractivity contribution in [1.29, 1.82) is 0 Å². The first-order valence-electron chi connectivity index (χ1n) is 15.3. The largest absolute Gasteiger partial charge is 0.338 e. The van der Waals surface area contributed by atoms with Gasteiger partial charge in [0.15, 0.2) is 0 Å². The number of halogens is 2. The molecule has 0 saturated carbocycles. The Kier molecular flexibility index (Phi) is 11.7. The zero-order valence-corrected chi connectivity index (χ0v) is 25.3. The molecule has 2 aromatic rings. The van der Waals surface area contributed by atoms with E-state index >= 15 is 0 Å². The van der Waals surface area contributed by atoms with Gasteiger partial charge in [0.25, 0.3) is 11.8 Å². The standard InChI is InChI=1S/2C17H24FNO/c1-4-13(3)15-8-7-14(10-16(15)18)17(20)19-9-5-6-12(2)11-19;1-4-12(2)15-9-8-14(11-16(15)18)17(20)19-10-6-5-7-13(19)3/h7-8,10,12-13H,4-6,9,11H2,1-3H3;8-9,11-13H,4-7,10H2,1-3H3. The number of piperidine rings is 2. The van der Waals surface area contributed by atoms with E-state index < -0.39 is 0 Å². The Morgan fingerprint density at radius 3 is 1.82 bits per heavy atom. The van der Waals surface area contributed by atoms with Gasteiger partial charge in [-0.2, -0.15) is 0 Å². The van der Waals surface area contributed by atoms with Gasteiger partial charge in [0.05, 0.1) is 0 Å². The van der Waals surface area contributed by atoms with Gasteiger partial charge < -0.3 is 9.80 Å². The Morgan fingerprint density at radius 1 is 0.800 bits per heavy atom. The lowest BCUT2D eigenvalue weighted by Gasteiger charge is -2.33.